The molecule has 8 aromatic carbocycles. The number of para-hydroxylation sites is 2. The molecule has 0 fully saturated rings. The molecule has 0 bridgehead atoms. The van der Waals surface area contributed by atoms with Gasteiger partial charge in [-0.2, -0.15) is 0 Å². The molecule has 220 valence electrons. The molecule has 47 heavy (non-hydrogen) atoms. The van der Waals surface area contributed by atoms with Gasteiger partial charge in [0.25, 0.3) is 0 Å². The first-order valence-corrected chi connectivity index (χ1v) is 15.9. The zero-order chi connectivity index (χ0) is 30.9. The van der Waals surface area contributed by atoms with Crippen LogP contribution in [0.3, 0.4) is 0 Å². The van der Waals surface area contributed by atoms with Crippen molar-refractivity contribution in [3.05, 3.63) is 164 Å². The predicted molar refractivity (Wildman–Crippen MR) is 196 cm³/mol. The van der Waals surface area contributed by atoms with E-state index in [9.17, 15) is 0 Å². The van der Waals surface area contributed by atoms with Gasteiger partial charge in [0.05, 0.1) is 16.8 Å². The summed E-state index contributed by atoms with van der Waals surface area (Å²) in [5.41, 5.74) is 9.02. The molecule has 10 rings (SSSR count). The smallest absolute Gasteiger partial charge is 0.138 e. The van der Waals surface area contributed by atoms with Gasteiger partial charge in [-0.25, -0.2) is 0 Å². The fraction of sp³-hybridized carbons (Fsp3) is 0. The number of hydrogen-bond acceptors (Lipinski definition) is 3. The lowest BCUT2D eigenvalue weighted by atomic mass is 9.97. The summed E-state index contributed by atoms with van der Waals surface area (Å²) in [6.45, 7) is 0. The number of furan rings is 2. The second-order valence-corrected chi connectivity index (χ2v) is 12.1. The minimum Gasteiger partial charge on any atom is -0.456 e. The third-order valence-corrected chi connectivity index (χ3v) is 9.45. The molecule has 0 radical (unpaired) electrons. The molecular formula is C44H27NO2. The van der Waals surface area contributed by atoms with Gasteiger partial charge in [0.1, 0.15) is 22.3 Å². The number of nitrogens with zero attached hydrogens (tertiary/aromatic N) is 1. The molecule has 0 saturated carbocycles. The maximum absolute atomic E-state index is 6.54. The molecule has 0 aliphatic carbocycles. The highest BCUT2D eigenvalue weighted by Crippen LogP contribution is 2.48. The lowest BCUT2D eigenvalue weighted by Crippen LogP contribution is -2.11. The molecule has 10 aromatic rings. The average Bonchev–Trinajstić information content (AvgIpc) is 3.71. The minimum absolute atomic E-state index is 0.857. The number of anilines is 3. The van der Waals surface area contributed by atoms with Gasteiger partial charge >= 0.3 is 0 Å². The summed E-state index contributed by atoms with van der Waals surface area (Å²) in [6.07, 6.45) is 0. The standard InChI is InChI=1S/C44H27NO2/c1-2-13-31-28(11-1)12-9-18-32(31)29-23-25-30(26-24-29)45(37-19-10-22-41-44(37)36-17-6-8-21-40(36)46-41)38-27-42-43(34-15-4-3-14-33(34)38)35-16-5-7-20-39(35)47-42/h1-27H. The Morgan fingerprint density at radius 2 is 0.936 bits per heavy atom. The van der Waals surface area contributed by atoms with Gasteiger partial charge < -0.3 is 13.7 Å². The number of rotatable bonds is 4. The zero-order valence-electron chi connectivity index (χ0n) is 25.4. The van der Waals surface area contributed by atoms with E-state index in [4.69, 9.17) is 8.83 Å². The molecule has 0 unspecified atom stereocenters. The summed E-state index contributed by atoms with van der Waals surface area (Å²) in [5, 5.41) is 9.22. The van der Waals surface area contributed by atoms with Gasteiger partial charge in [-0.05, 0) is 63.7 Å². The molecule has 3 nitrogen and oxygen atoms in total. The summed E-state index contributed by atoms with van der Waals surface area (Å²) in [5.74, 6) is 0. The van der Waals surface area contributed by atoms with Crippen LogP contribution in [0.4, 0.5) is 17.1 Å². The molecule has 0 atom stereocenters. The van der Waals surface area contributed by atoms with Crippen molar-refractivity contribution < 1.29 is 8.83 Å². The second-order valence-electron chi connectivity index (χ2n) is 12.1. The van der Waals surface area contributed by atoms with Crippen LogP contribution in [0.5, 0.6) is 0 Å². The molecule has 0 spiro atoms. The first-order valence-electron chi connectivity index (χ1n) is 15.9. The van der Waals surface area contributed by atoms with Crippen LogP contribution in [-0.2, 0) is 0 Å². The second kappa shape index (κ2) is 10.1. The summed E-state index contributed by atoms with van der Waals surface area (Å²) < 4.78 is 12.9. The van der Waals surface area contributed by atoms with E-state index in [0.717, 1.165) is 71.7 Å². The monoisotopic (exact) mass is 601 g/mol. The number of fused-ring (bicyclic) bond motifs is 9. The molecule has 0 aliphatic rings. The van der Waals surface area contributed by atoms with Gasteiger partial charge in [-0.3, -0.25) is 0 Å². The van der Waals surface area contributed by atoms with E-state index in [2.05, 4.69) is 144 Å². The van der Waals surface area contributed by atoms with E-state index in [1.54, 1.807) is 0 Å². The summed E-state index contributed by atoms with van der Waals surface area (Å²) in [4.78, 5) is 2.37. The van der Waals surface area contributed by atoms with Crippen LogP contribution in [0.2, 0.25) is 0 Å². The molecular weight excluding hydrogens is 574 g/mol. The fourth-order valence-electron chi connectivity index (χ4n) is 7.37. The molecule has 0 saturated heterocycles. The van der Waals surface area contributed by atoms with Crippen molar-refractivity contribution >= 4 is 82.5 Å². The molecule has 2 heterocycles. The van der Waals surface area contributed by atoms with Crippen molar-refractivity contribution in [1.82, 2.24) is 0 Å². The molecule has 0 N–H and O–H groups in total. The maximum Gasteiger partial charge on any atom is 0.138 e. The van der Waals surface area contributed by atoms with Gasteiger partial charge in [0.2, 0.25) is 0 Å². The van der Waals surface area contributed by atoms with Crippen LogP contribution in [0.25, 0.3) is 76.5 Å². The van der Waals surface area contributed by atoms with Crippen molar-refractivity contribution in [2.75, 3.05) is 4.90 Å². The molecule has 0 aliphatic heterocycles. The Bertz CT molecular complexity index is 2800. The Morgan fingerprint density at radius 1 is 0.362 bits per heavy atom. The van der Waals surface area contributed by atoms with E-state index in [1.807, 2.05) is 24.3 Å². The minimum atomic E-state index is 0.857. The maximum atomic E-state index is 6.54. The normalized spacial score (nSPS) is 11.8. The SMILES string of the molecule is c1ccc2c(-c3ccc(N(c4cc5oc6ccccc6c5c5ccccc45)c4cccc5oc6ccccc6c45)cc3)cccc2c1. The number of benzene rings is 8. The largest absolute Gasteiger partial charge is 0.456 e. The van der Waals surface area contributed by atoms with Crippen molar-refractivity contribution in [2.24, 2.45) is 0 Å². The Kier molecular flexibility index (Phi) is 5.57. The molecule has 0 amide bonds. The van der Waals surface area contributed by atoms with Crippen molar-refractivity contribution in [3.63, 3.8) is 0 Å². The Balaban J connectivity index is 1.27. The third-order valence-electron chi connectivity index (χ3n) is 9.45. The molecule has 3 heteroatoms. The highest BCUT2D eigenvalue weighted by molar-refractivity contribution is 6.23. The summed E-state index contributed by atoms with van der Waals surface area (Å²) in [6, 6.07) is 57.8. The van der Waals surface area contributed by atoms with Crippen molar-refractivity contribution in [3.8, 4) is 11.1 Å². The van der Waals surface area contributed by atoms with Gasteiger partial charge in [-0.15, -0.1) is 0 Å². The average molecular weight is 602 g/mol. The van der Waals surface area contributed by atoms with E-state index in [0.29, 0.717) is 0 Å². The van der Waals surface area contributed by atoms with Crippen LogP contribution in [-0.4, -0.2) is 0 Å². The van der Waals surface area contributed by atoms with Crippen LogP contribution in [0, 0.1) is 0 Å². The highest BCUT2D eigenvalue weighted by Gasteiger charge is 2.23. The topological polar surface area (TPSA) is 29.5 Å². The zero-order valence-corrected chi connectivity index (χ0v) is 25.4. The van der Waals surface area contributed by atoms with Crippen LogP contribution in [0.1, 0.15) is 0 Å². The Labute approximate surface area is 270 Å². The van der Waals surface area contributed by atoms with Gasteiger partial charge in [-0.1, -0.05) is 121 Å². The number of hydrogen-bond donors (Lipinski definition) is 0. The predicted octanol–water partition coefficient (Wildman–Crippen LogP) is 12.9. The van der Waals surface area contributed by atoms with Crippen LogP contribution in [0.15, 0.2) is 173 Å². The summed E-state index contributed by atoms with van der Waals surface area (Å²) >= 11 is 0. The van der Waals surface area contributed by atoms with E-state index >= 15 is 0 Å². The van der Waals surface area contributed by atoms with Crippen LogP contribution >= 0.6 is 0 Å². The van der Waals surface area contributed by atoms with E-state index < -0.39 is 0 Å². The van der Waals surface area contributed by atoms with Crippen LogP contribution < -0.4 is 4.90 Å². The van der Waals surface area contributed by atoms with E-state index in [-0.39, 0.29) is 0 Å². The van der Waals surface area contributed by atoms with Gasteiger partial charge in [0, 0.05) is 33.3 Å². The first-order chi connectivity index (χ1) is 23.3. The van der Waals surface area contributed by atoms with Crippen molar-refractivity contribution in [2.45, 2.75) is 0 Å². The summed E-state index contributed by atoms with van der Waals surface area (Å²) in [7, 11) is 0. The molecule has 2 aromatic heterocycles. The lowest BCUT2D eigenvalue weighted by molar-refractivity contribution is 0.669. The Morgan fingerprint density at radius 3 is 1.72 bits per heavy atom. The first kappa shape index (κ1) is 26.0. The fourth-order valence-corrected chi connectivity index (χ4v) is 7.37. The van der Waals surface area contributed by atoms with Gasteiger partial charge in [0.15, 0.2) is 0 Å². The Hall–Kier alpha value is -6.32. The van der Waals surface area contributed by atoms with Crippen molar-refractivity contribution in [1.29, 1.82) is 0 Å². The quantitative estimate of drug-likeness (QED) is 0.201. The highest BCUT2D eigenvalue weighted by atomic mass is 16.3. The lowest BCUT2D eigenvalue weighted by Gasteiger charge is -2.28. The van der Waals surface area contributed by atoms with E-state index in [1.165, 1.54) is 21.9 Å². The third kappa shape index (κ3) is 3.93.